The summed E-state index contributed by atoms with van der Waals surface area (Å²) in [6, 6.07) is 26.7. The second kappa shape index (κ2) is 11.2. The molecule has 0 saturated heterocycles. The number of aromatic nitrogens is 3. The van der Waals surface area contributed by atoms with Crippen molar-refractivity contribution in [3.05, 3.63) is 101 Å². The standard InChI is InChI=1S/C26H25ClN4O2S/c1-18(2)28-25(32)24(19-9-5-3-6-10-19)34-26-30-29-23(31(26)21-11-7-4-8-12-21)17-33-22-15-13-20(27)14-16-22/h3-16,18,24H,17H2,1-2H3,(H,28,32). The minimum Gasteiger partial charge on any atom is -0.486 e. The summed E-state index contributed by atoms with van der Waals surface area (Å²) in [5, 5.41) is 12.6. The molecule has 1 N–H and O–H groups in total. The Hall–Kier alpha value is -3.29. The normalized spacial score (nSPS) is 11.9. The van der Waals surface area contributed by atoms with Gasteiger partial charge in [0, 0.05) is 16.8 Å². The molecule has 0 bridgehead atoms. The van der Waals surface area contributed by atoms with Gasteiger partial charge in [0.25, 0.3) is 0 Å². The van der Waals surface area contributed by atoms with Crippen LogP contribution in [-0.4, -0.2) is 26.7 Å². The highest BCUT2D eigenvalue weighted by atomic mass is 35.5. The lowest BCUT2D eigenvalue weighted by Crippen LogP contribution is -2.33. The molecule has 3 aromatic carbocycles. The first-order valence-electron chi connectivity index (χ1n) is 10.9. The highest BCUT2D eigenvalue weighted by Crippen LogP contribution is 2.36. The number of nitrogens with zero attached hydrogens (tertiary/aromatic N) is 3. The number of thioether (sulfide) groups is 1. The van der Waals surface area contributed by atoms with Crippen LogP contribution in [0.4, 0.5) is 0 Å². The second-order valence-corrected chi connectivity index (χ2v) is 9.39. The number of rotatable bonds is 9. The Kier molecular flexibility index (Phi) is 7.87. The largest absolute Gasteiger partial charge is 0.486 e. The average Bonchev–Trinajstić information content (AvgIpc) is 3.25. The van der Waals surface area contributed by atoms with Crippen LogP contribution < -0.4 is 10.1 Å². The van der Waals surface area contributed by atoms with Gasteiger partial charge in [0.1, 0.15) is 17.6 Å². The van der Waals surface area contributed by atoms with Crippen LogP contribution in [0, 0.1) is 0 Å². The molecule has 8 heteroatoms. The molecule has 0 radical (unpaired) electrons. The van der Waals surface area contributed by atoms with E-state index < -0.39 is 5.25 Å². The third-order valence-electron chi connectivity index (χ3n) is 4.89. The van der Waals surface area contributed by atoms with E-state index in [0.717, 1.165) is 11.3 Å². The molecule has 1 aromatic heterocycles. The maximum absolute atomic E-state index is 13.1. The van der Waals surface area contributed by atoms with Crippen molar-refractivity contribution in [2.75, 3.05) is 0 Å². The minimum atomic E-state index is -0.486. The summed E-state index contributed by atoms with van der Waals surface area (Å²) >= 11 is 7.34. The van der Waals surface area contributed by atoms with E-state index in [2.05, 4.69) is 15.5 Å². The summed E-state index contributed by atoms with van der Waals surface area (Å²) in [5.41, 5.74) is 1.79. The summed E-state index contributed by atoms with van der Waals surface area (Å²) in [6.07, 6.45) is 0. The number of hydrogen-bond donors (Lipinski definition) is 1. The minimum absolute atomic E-state index is 0.0228. The lowest BCUT2D eigenvalue weighted by Gasteiger charge is -2.19. The topological polar surface area (TPSA) is 69.0 Å². The van der Waals surface area contributed by atoms with Gasteiger partial charge in [0.05, 0.1) is 0 Å². The lowest BCUT2D eigenvalue weighted by molar-refractivity contribution is -0.121. The van der Waals surface area contributed by atoms with Crippen LogP contribution in [0.3, 0.4) is 0 Å². The van der Waals surface area contributed by atoms with Crippen LogP contribution >= 0.6 is 23.4 Å². The Morgan fingerprint density at radius 2 is 1.62 bits per heavy atom. The molecule has 0 saturated carbocycles. The van der Waals surface area contributed by atoms with Crippen molar-refractivity contribution < 1.29 is 9.53 Å². The Balaban J connectivity index is 1.67. The molecule has 6 nitrogen and oxygen atoms in total. The van der Waals surface area contributed by atoms with E-state index in [1.807, 2.05) is 91.2 Å². The van der Waals surface area contributed by atoms with Gasteiger partial charge in [0.15, 0.2) is 11.0 Å². The van der Waals surface area contributed by atoms with Crippen molar-refractivity contribution in [2.45, 2.75) is 36.9 Å². The maximum Gasteiger partial charge on any atom is 0.238 e. The Labute approximate surface area is 208 Å². The van der Waals surface area contributed by atoms with Gasteiger partial charge in [-0.15, -0.1) is 10.2 Å². The molecular formula is C26H25ClN4O2S. The van der Waals surface area contributed by atoms with Crippen molar-refractivity contribution in [1.29, 1.82) is 0 Å². The van der Waals surface area contributed by atoms with E-state index in [-0.39, 0.29) is 18.6 Å². The molecule has 1 atom stereocenters. The van der Waals surface area contributed by atoms with Gasteiger partial charge < -0.3 is 10.1 Å². The van der Waals surface area contributed by atoms with E-state index in [0.29, 0.717) is 21.8 Å². The monoisotopic (exact) mass is 492 g/mol. The molecule has 0 aliphatic rings. The molecule has 0 aliphatic carbocycles. The van der Waals surface area contributed by atoms with Gasteiger partial charge in [0.2, 0.25) is 5.91 Å². The molecule has 0 spiro atoms. The molecule has 34 heavy (non-hydrogen) atoms. The molecule has 4 rings (SSSR count). The molecule has 1 unspecified atom stereocenters. The smallest absolute Gasteiger partial charge is 0.238 e. The Morgan fingerprint density at radius 3 is 2.26 bits per heavy atom. The zero-order valence-corrected chi connectivity index (χ0v) is 20.5. The van der Waals surface area contributed by atoms with Crippen molar-refractivity contribution in [3.63, 3.8) is 0 Å². The molecule has 1 heterocycles. The summed E-state index contributed by atoms with van der Waals surface area (Å²) in [5.74, 6) is 1.23. The third-order valence-corrected chi connectivity index (χ3v) is 6.34. The predicted octanol–water partition coefficient (Wildman–Crippen LogP) is 5.86. The van der Waals surface area contributed by atoms with Crippen molar-refractivity contribution in [1.82, 2.24) is 20.1 Å². The first-order valence-corrected chi connectivity index (χ1v) is 12.2. The van der Waals surface area contributed by atoms with E-state index >= 15 is 0 Å². The van der Waals surface area contributed by atoms with E-state index in [1.165, 1.54) is 11.8 Å². The second-order valence-electron chi connectivity index (χ2n) is 7.88. The third kappa shape index (κ3) is 5.98. The quantitative estimate of drug-likeness (QED) is 0.296. The number of para-hydroxylation sites is 1. The van der Waals surface area contributed by atoms with Crippen LogP contribution in [-0.2, 0) is 11.4 Å². The molecule has 174 valence electrons. The maximum atomic E-state index is 13.1. The highest BCUT2D eigenvalue weighted by molar-refractivity contribution is 8.00. The zero-order valence-electron chi connectivity index (χ0n) is 18.9. The number of ether oxygens (including phenoxy) is 1. The molecule has 0 aliphatic heterocycles. The predicted molar refractivity (Wildman–Crippen MR) is 135 cm³/mol. The molecule has 0 fully saturated rings. The number of hydrogen-bond acceptors (Lipinski definition) is 5. The summed E-state index contributed by atoms with van der Waals surface area (Å²) in [6.45, 7) is 4.10. The number of amides is 1. The molecule has 1 amide bonds. The van der Waals surface area contributed by atoms with Gasteiger partial charge in [-0.3, -0.25) is 9.36 Å². The SMILES string of the molecule is CC(C)NC(=O)C(Sc1nnc(COc2ccc(Cl)cc2)n1-c1ccccc1)c1ccccc1. The summed E-state index contributed by atoms with van der Waals surface area (Å²) < 4.78 is 7.87. The van der Waals surface area contributed by atoms with Crippen molar-refractivity contribution in [3.8, 4) is 11.4 Å². The van der Waals surface area contributed by atoms with Crippen LogP contribution in [0.2, 0.25) is 5.02 Å². The highest BCUT2D eigenvalue weighted by Gasteiger charge is 2.26. The first kappa shape index (κ1) is 23.9. The van der Waals surface area contributed by atoms with Crippen molar-refractivity contribution >= 4 is 29.3 Å². The van der Waals surface area contributed by atoms with Gasteiger partial charge in [-0.2, -0.15) is 0 Å². The van der Waals surface area contributed by atoms with Crippen LogP contribution in [0.25, 0.3) is 5.69 Å². The number of carbonyl (C=O) groups excluding carboxylic acids is 1. The molecule has 4 aromatic rings. The van der Waals surface area contributed by atoms with Crippen LogP contribution in [0.15, 0.2) is 90.1 Å². The van der Waals surface area contributed by atoms with Crippen LogP contribution in [0.1, 0.15) is 30.5 Å². The average molecular weight is 493 g/mol. The summed E-state index contributed by atoms with van der Waals surface area (Å²) in [7, 11) is 0. The fourth-order valence-corrected chi connectivity index (χ4v) is 4.56. The van der Waals surface area contributed by atoms with Gasteiger partial charge in [-0.05, 0) is 55.8 Å². The Bertz CT molecular complexity index is 1210. The summed E-state index contributed by atoms with van der Waals surface area (Å²) in [4.78, 5) is 13.1. The van der Waals surface area contributed by atoms with Crippen LogP contribution in [0.5, 0.6) is 5.75 Å². The zero-order chi connectivity index (χ0) is 23.9. The number of benzene rings is 3. The van der Waals surface area contributed by atoms with E-state index in [9.17, 15) is 4.79 Å². The molecular weight excluding hydrogens is 468 g/mol. The van der Waals surface area contributed by atoms with Crippen molar-refractivity contribution in [2.24, 2.45) is 0 Å². The Morgan fingerprint density at radius 1 is 0.971 bits per heavy atom. The lowest BCUT2D eigenvalue weighted by atomic mass is 10.1. The fourth-order valence-electron chi connectivity index (χ4n) is 3.35. The van der Waals surface area contributed by atoms with Gasteiger partial charge in [-0.25, -0.2) is 0 Å². The van der Waals surface area contributed by atoms with E-state index in [4.69, 9.17) is 16.3 Å². The van der Waals surface area contributed by atoms with Gasteiger partial charge >= 0.3 is 0 Å². The van der Waals surface area contributed by atoms with Gasteiger partial charge in [-0.1, -0.05) is 71.9 Å². The van der Waals surface area contributed by atoms with E-state index in [1.54, 1.807) is 12.1 Å². The first-order chi connectivity index (χ1) is 16.5. The number of nitrogens with one attached hydrogen (secondary N) is 1. The number of halogens is 1. The fraction of sp³-hybridized carbons (Fsp3) is 0.192. The number of carbonyl (C=O) groups is 1.